The molecule has 106 valence electrons. The monoisotopic (exact) mass is 309 g/mol. The minimum atomic E-state index is -1.05. The molecule has 0 radical (unpaired) electrons. The molecule has 1 atom stereocenters. The molecule has 1 aromatic heterocycles. The second-order valence-electron chi connectivity index (χ2n) is 4.80. The van der Waals surface area contributed by atoms with E-state index in [9.17, 15) is 9.90 Å². The van der Waals surface area contributed by atoms with Crippen LogP contribution in [0.4, 0.5) is 0 Å². The first-order chi connectivity index (χ1) is 9.49. The van der Waals surface area contributed by atoms with Crippen LogP contribution in [0.5, 0.6) is 0 Å². The second-order valence-corrected chi connectivity index (χ2v) is 6.15. The molecular weight excluding hydrogens is 294 g/mol. The number of halogens is 1. The topological polar surface area (TPSA) is 49.3 Å². The highest BCUT2D eigenvalue weighted by Crippen LogP contribution is 2.24. The molecule has 0 aliphatic carbocycles. The van der Waals surface area contributed by atoms with Crippen LogP contribution in [0.25, 0.3) is 0 Å². The van der Waals surface area contributed by atoms with Crippen LogP contribution in [-0.4, -0.2) is 17.6 Å². The third-order valence-electron chi connectivity index (χ3n) is 2.99. The Morgan fingerprint density at radius 3 is 2.75 bits per heavy atom. The molecule has 2 aromatic rings. The molecule has 0 fully saturated rings. The van der Waals surface area contributed by atoms with Gasteiger partial charge in [0.05, 0.1) is 13.0 Å². The third kappa shape index (κ3) is 3.82. The SMILES string of the molecule is CC(O)(CNC(=O)Cc1ccccc1Cl)c1cccs1. The van der Waals surface area contributed by atoms with Crippen LogP contribution in [0.15, 0.2) is 41.8 Å². The Morgan fingerprint density at radius 2 is 2.10 bits per heavy atom. The lowest BCUT2D eigenvalue weighted by atomic mass is 10.0. The van der Waals surface area contributed by atoms with Gasteiger partial charge in [0, 0.05) is 9.90 Å². The Labute approximate surface area is 127 Å². The van der Waals surface area contributed by atoms with E-state index in [4.69, 9.17) is 11.6 Å². The minimum Gasteiger partial charge on any atom is -0.383 e. The van der Waals surface area contributed by atoms with Gasteiger partial charge in [0.25, 0.3) is 0 Å². The van der Waals surface area contributed by atoms with Gasteiger partial charge in [-0.3, -0.25) is 4.79 Å². The van der Waals surface area contributed by atoms with Crippen molar-refractivity contribution in [2.75, 3.05) is 6.54 Å². The minimum absolute atomic E-state index is 0.157. The van der Waals surface area contributed by atoms with Gasteiger partial charge in [0.1, 0.15) is 5.60 Å². The first-order valence-corrected chi connectivity index (χ1v) is 7.51. The number of benzene rings is 1. The molecular formula is C15H16ClNO2S. The summed E-state index contributed by atoms with van der Waals surface area (Å²) in [6.07, 6.45) is 0.209. The molecule has 1 unspecified atom stereocenters. The molecule has 2 N–H and O–H groups in total. The molecule has 20 heavy (non-hydrogen) atoms. The predicted octanol–water partition coefficient (Wildman–Crippen LogP) is 2.97. The smallest absolute Gasteiger partial charge is 0.224 e. The summed E-state index contributed by atoms with van der Waals surface area (Å²) in [6.45, 7) is 1.87. The summed E-state index contributed by atoms with van der Waals surface area (Å²) in [4.78, 5) is 12.7. The maximum atomic E-state index is 11.9. The third-order valence-corrected chi connectivity index (χ3v) is 4.48. The Kier molecular flexibility index (Phi) is 4.81. The second kappa shape index (κ2) is 6.39. The van der Waals surface area contributed by atoms with E-state index in [0.29, 0.717) is 5.02 Å². The Morgan fingerprint density at radius 1 is 1.35 bits per heavy atom. The van der Waals surface area contributed by atoms with Crippen LogP contribution < -0.4 is 5.32 Å². The molecule has 0 spiro atoms. The van der Waals surface area contributed by atoms with Gasteiger partial charge in [0.2, 0.25) is 5.91 Å². The number of thiophene rings is 1. The average molecular weight is 310 g/mol. The van der Waals surface area contributed by atoms with Crippen molar-refractivity contribution in [2.45, 2.75) is 18.9 Å². The normalized spacial score (nSPS) is 13.8. The first kappa shape index (κ1) is 15.0. The summed E-state index contributed by atoms with van der Waals surface area (Å²) in [5, 5.41) is 15.5. The van der Waals surface area contributed by atoms with E-state index in [0.717, 1.165) is 10.4 Å². The summed E-state index contributed by atoms with van der Waals surface area (Å²) in [6, 6.07) is 11.0. The number of carbonyl (C=O) groups excluding carboxylic acids is 1. The maximum Gasteiger partial charge on any atom is 0.224 e. The average Bonchev–Trinajstić information content (AvgIpc) is 2.94. The van der Waals surface area contributed by atoms with Gasteiger partial charge in [0.15, 0.2) is 0 Å². The van der Waals surface area contributed by atoms with Crippen molar-refractivity contribution in [3.8, 4) is 0 Å². The number of nitrogens with one attached hydrogen (secondary N) is 1. The van der Waals surface area contributed by atoms with E-state index >= 15 is 0 Å². The van der Waals surface area contributed by atoms with Gasteiger partial charge in [-0.1, -0.05) is 35.9 Å². The van der Waals surface area contributed by atoms with Gasteiger partial charge in [-0.15, -0.1) is 11.3 Å². The van der Waals surface area contributed by atoms with E-state index in [-0.39, 0.29) is 18.9 Å². The van der Waals surface area contributed by atoms with Crippen molar-refractivity contribution in [3.05, 3.63) is 57.2 Å². The lowest BCUT2D eigenvalue weighted by Crippen LogP contribution is -2.38. The molecule has 0 bridgehead atoms. The summed E-state index contributed by atoms with van der Waals surface area (Å²) in [7, 11) is 0. The summed E-state index contributed by atoms with van der Waals surface area (Å²) in [5.74, 6) is -0.157. The fourth-order valence-corrected chi connectivity index (χ4v) is 2.81. The predicted molar refractivity (Wildman–Crippen MR) is 82.1 cm³/mol. The van der Waals surface area contributed by atoms with Crippen LogP contribution in [0.3, 0.4) is 0 Å². The highest BCUT2D eigenvalue weighted by atomic mass is 35.5. The molecule has 5 heteroatoms. The fraction of sp³-hybridized carbons (Fsp3) is 0.267. The zero-order chi connectivity index (χ0) is 14.6. The molecule has 1 heterocycles. The molecule has 0 saturated carbocycles. The molecule has 1 aromatic carbocycles. The van der Waals surface area contributed by atoms with E-state index in [2.05, 4.69) is 5.32 Å². The summed E-state index contributed by atoms with van der Waals surface area (Å²) < 4.78 is 0. The number of carbonyl (C=O) groups is 1. The van der Waals surface area contributed by atoms with Crippen LogP contribution in [-0.2, 0) is 16.8 Å². The van der Waals surface area contributed by atoms with Crippen LogP contribution >= 0.6 is 22.9 Å². The van der Waals surface area contributed by atoms with Gasteiger partial charge >= 0.3 is 0 Å². The van der Waals surface area contributed by atoms with Crippen LogP contribution in [0.1, 0.15) is 17.4 Å². The number of aliphatic hydroxyl groups is 1. The molecule has 3 nitrogen and oxygen atoms in total. The highest BCUT2D eigenvalue weighted by Gasteiger charge is 2.24. The van der Waals surface area contributed by atoms with E-state index in [1.165, 1.54) is 11.3 Å². The van der Waals surface area contributed by atoms with Crippen LogP contribution in [0, 0.1) is 0 Å². The lowest BCUT2D eigenvalue weighted by molar-refractivity contribution is -0.121. The number of hydrogen-bond donors (Lipinski definition) is 2. The van der Waals surface area contributed by atoms with Gasteiger partial charge < -0.3 is 10.4 Å². The highest BCUT2D eigenvalue weighted by molar-refractivity contribution is 7.10. The van der Waals surface area contributed by atoms with E-state index in [1.807, 2.05) is 35.7 Å². The zero-order valence-electron chi connectivity index (χ0n) is 11.1. The Hall–Kier alpha value is -1.36. The van der Waals surface area contributed by atoms with E-state index in [1.54, 1.807) is 13.0 Å². The van der Waals surface area contributed by atoms with Crippen LogP contribution in [0.2, 0.25) is 5.02 Å². The van der Waals surface area contributed by atoms with Gasteiger partial charge in [-0.2, -0.15) is 0 Å². The molecule has 0 aliphatic heterocycles. The molecule has 1 amide bonds. The lowest BCUT2D eigenvalue weighted by Gasteiger charge is -2.22. The summed E-state index contributed by atoms with van der Waals surface area (Å²) >= 11 is 7.48. The van der Waals surface area contributed by atoms with Crippen molar-refractivity contribution in [3.63, 3.8) is 0 Å². The standard InChI is InChI=1S/C15H16ClNO2S/c1-15(19,13-7-4-8-20-13)10-17-14(18)9-11-5-2-3-6-12(11)16/h2-8,19H,9-10H2,1H3,(H,17,18). The van der Waals surface area contributed by atoms with Crippen molar-refractivity contribution in [1.82, 2.24) is 5.32 Å². The number of rotatable bonds is 5. The van der Waals surface area contributed by atoms with Crippen molar-refractivity contribution < 1.29 is 9.90 Å². The number of amides is 1. The number of hydrogen-bond acceptors (Lipinski definition) is 3. The van der Waals surface area contributed by atoms with Crippen molar-refractivity contribution in [2.24, 2.45) is 0 Å². The summed E-state index contributed by atoms with van der Waals surface area (Å²) in [5.41, 5.74) is -0.271. The molecule has 2 rings (SSSR count). The Balaban J connectivity index is 1.91. The van der Waals surface area contributed by atoms with E-state index < -0.39 is 5.60 Å². The quantitative estimate of drug-likeness (QED) is 0.892. The zero-order valence-corrected chi connectivity index (χ0v) is 12.7. The first-order valence-electron chi connectivity index (χ1n) is 6.25. The van der Waals surface area contributed by atoms with Gasteiger partial charge in [-0.05, 0) is 30.0 Å². The fourth-order valence-electron chi connectivity index (χ4n) is 1.82. The Bertz CT molecular complexity index is 581. The van der Waals surface area contributed by atoms with Crippen molar-refractivity contribution in [1.29, 1.82) is 0 Å². The largest absolute Gasteiger partial charge is 0.383 e. The molecule has 0 aliphatic rings. The maximum absolute atomic E-state index is 11.9. The van der Waals surface area contributed by atoms with Gasteiger partial charge in [-0.25, -0.2) is 0 Å². The molecule has 0 saturated heterocycles. The van der Waals surface area contributed by atoms with Crippen molar-refractivity contribution >= 4 is 28.8 Å².